The van der Waals surface area contributed by atoms with E-state index in [9.17, 15) is 13.3 Å². The van der Waals surface area contributed by atoms with E-state index in [4.69, 9.17) is 4.55 Å². The van der Waals surface area contributed by atoms with Crippen LogP contribution in [0.2, 0.25) is 0 Å². The van der Waals surface area contributed by atoms with Gasteiger partial charge >= 0.3 is 0 Å². The summed E-state index contributed by atoms with van der Waals surface area (Å²) in [6, 6.07) is 6.73. The van der Waals surface area contributed by atoms with Gasteiger partial charge in [-0.25, -0.2) is 0 Å². The summed E-state index contributed by atoms with van der Waals surface area (Å²) in [5.41, 5.74) is 1.24. The molecule has 0 aromatic heterocycles. The lowest BCUT2D eigenvalue weighted by Gasteiger charge is -2.22. The molecule has 0 unspecified atom stereocenters. The van der Waals surface area contributed by atoms with Gasteiger partial charge in [-0.2, -0.15) is 8.42 Å². The van der Waals surface area contributed by atoms with E-state index in [0.29, 0.717) is 25.2 Å². The Morgan fingerprint density at radius 2 is 1.89 bits per heavy atom. The highest BCUT2D eigenvalue weighted by molar-refractivity contribution is 7.85. The van der Waals surface area contributed by atoms with E-state index < -0.39 is 10.1 Å². The van der Waals surface area contributed by atoms with Crippen LogP contribution in [0.1, 0.15) is 13.3 Å². The number of hydrogen-bond donors (Lipinski definition) is 1. The Labute approximate surface area is 106 Å². The summed E-state index contributed by atoms with van der Waals surface area (Å²) in [5.74, 6) is -0.253. The predicted molar refractivity (Wildman–Crippen MR) is 70.8 cm³/mol. The molecular formula is C11H16N2O4S. The summed E-state index contributed by atoms with van der Waals surface area (Å²) in [6.07, 6.45) is 0.348. The van der Waals surface area contributed by atoms with Crippen LogP contribution < -0.4 is 4.90 Å². The smallest absolute Gasteiger partial charge is 0.264 e. The van der Waals surface area contributed by atoms with Crippen molar-refractivity contribution in [3.8, 4) is 0 Å². The van der Waals surface area contributed by atoms with Gasteiger partial charge < -0.3 is 4.90 Å². The van der Waals surface area contributed by atoms with Crippen molar-refractivity contribution >= 4 is 21.5 Å². The third-order valence-electron chi connectivity index (χ3n) is 2.53. The van der Waals surface area contributed by atoms with E-state index in [1.807, 2.05) is 11.8 Å². The van der Waals surface area contributed by atoms with Gasteiger partial charge in [0.15, 0.2) is 0 Å². The van der Waals surface area contributed by atoms with Crippen molar-refractivity contribution in [2.75, 3.05) is 23.7 Å². The molecule has 0 saturated carbocycles. The van der Waals surface area contributed by atoms with Gasteiger partial charge in [0, 0.05) is 18.8 Å². The minimum atomic E-state index is -3.90. The van der Waals surface area contributed by atoms with E-state index in [-0.39, 0.29) is 5.75 Å². The number of nitroso groups, excluding NO2 is 1. The Balaban J connectivity index is 2.62. The van der Waals surface area contributed by atoms with Crippen LogP contribution in [0.25, 0.3) is 0 Å². The lowest BCUT2D eigenvalue weighted by atomic mass is 10.2. The number of anilines is 1. The summed E-state index contributed by atoms with van der Waals surface area (Å²) in [5, 5.41) is 2.81. The standard InChI is InChI=1S/C11H16N2O4S/c1-2-13(8-3-9-18(15,16)17)11-6-4-10(12-14)5-7-11/h4-7H,2-3,8-9H2,1H3,(H,15,16,17). The summed E-state index contributed by atoms with van der Waals surface area (Å²) < 4.78 is 29.9. The van der Waals surface area contributed by atoms with Crippen molar-refractivity contribution in [3.63, 3.8) is 0 Å². The molecule has 0 bridgehead atoms. The maximum Gasteiger partial charge on any atom is 0.264 e. The SMILES string of the molecule is CCN(CCCS(=O)(=O)O)c1ccc(N=O)cc1. The molecule has 0 atom stereocenters. The molecule has 100 valence electrons. The van der Waals surface area contributed by atoms with Gasteiger partial charge in [-0.05, 0) is 42.8 Å². The Morgan fingerprint density at radius 1 is 1.28 bits per heavy atom. The second-order valence-corrected chi connectivity index (χ2v) is 5.40. The molecule has 0 heterocycles. The molecule has 0 fully saturated rings. The molecule has 1 aromatic rings. The molecule has 1 aromatic carbocycles. The second-order valence-electron chi connectivity index (χ2n) is 3.83. The monoisotopic (exact) mass is 272 g/mol. The molecule has 0 aliphatic heterocycles. The largest absolute Gasteiger partial charge is 0.372 e. The molecule has 0 radical (unpaired) electrons. The molecule has 1 rings (SSSR count). The normalized spacial score (nSPS) is 11.2. The van der Waals surface area contributed by atoms with Crippen LogP contribution in [0.3, 0.4) is 0 Å². The number of benzene rings is 1. The van der Waals surface area contributed by atoms with Crippen LogP contribution >= 0.6 is 0 Å². The second kappa shape index (κ2) is 6.46. The molecule has 18 heavy (non-hydrogen) atoms. The van der Waals surface area contributed by atoms with Gasteiger partial charge in [-0.3, -0.25) is 4.55 Å². The van der Waals surface area contributed by atoms with Gasteiger partial charge in [0.25, 0.3) is 10.1 Å². The minimum absolute atomic E-state index is 0.253. The number of rotatable bonds is 7. The quantitative estimate of drug-likeness (QED) is 0.607. The Kier molecular flexibility index (Phi) is 5.24. The van der Waals surface area contributed by atoms with Crippen molar-refractivity contribution in [2.24, 2.45) is 5.18 Å². The van der Waals surface area contributed by atoms with Crippen LogP contribution in [-0.4, -0.2) is 31.8 Å². The van der Waals surface area contributed by atoms with Gasteiger partial charge in [-0.1, -0.05) is 0 Å². The van der Waals surface area contributed by atoms with Crippen LogP contribution in [0.5, 0.6) is 0 Å². The first-order chi connectivity index (χ1) is 8.46. The molecular weight excluding hydrogens is 256 g/mol. The zero-order valence-corrected chi connectivity index (χ0v) is 10.9. The Bertz CT molecular complexity index is 484. The first-order valence-corrected chi connectivity index (χ1v) is 7.20. The summed E-state index contributed by atoms with van der Waals surface area (Å²) in [6.45, 7) is 3.17. The van der Waals surface area contributed by atoms with Crippen molar-refractivity contribution in [2.45, 2.75) is 13.3 Å². The van der Waals surface area contributed by atoms with E-state index in [0.717, 1.165) is 5.69 Å². The zero-order chi connectivity index (χ0) is 13.6. The lowest BCUT2D eigenvalue weighted by Crippen LogP contribution is -2.25. The fourth-order valence-corrected chi connectivity index (χ4v) is 2.13. The highest BCUT2D eigenvalue weighted by Crippen LogP contribution is 2.19. The zero-order valence-electron chi connectivity index (χ0n) is 10.1. The topological polar surface area (TPSA) is 87.0 Å². The maximum atomic E-state index is 10.6. The van der Waals surface area contributed by atoms with Crippen LogP contribution in [0, 0.1) is 4.91 Å². The fourth-order valence-electron chi connectivity index (χ4n) is 1.63. The molecule has 0 amide bonds. The van der Waals surface area contributed by atoms with Gasteiger partial charge in [0.2, 0.25) is 0 Å². The average molecular weight is 272 g/mol. The molecule has 0 aliphatic rings. The van der Waals surface area contributed by atoms with Crippen molar-refractivity contribution in [3.05, 3.63) is 29.2 Å². The minimum Gasteiger partial charge on any atom is -0.372 e. The summed E-state index contributed by atoms with van der Waals surface area (Å²) in [4.78, 5) is 12.2. The van der Waals surface area contributed by atoms with E-state index in [2.05, 4.69) is 5.18 Å². The van der Waals surface area contributed by atoms with Gasteiger partial charge in [-0.15, -0.1) is 4.91 Å². The van der Waals surface area contributed by atoms with Gasteiger partial charge in [0.1, 0.15) is 5.69 Å². The van der Waals surface area contributed by atoms with Crippen LogP contribution in [-0.2, 0) is 10.1 Å². The highest BCUT2D eigenvalue weighted by Gasteiger charge is 2.08. The Morgan fingerprint density at radius 3 is 2.33 bits per heavy atom. The van der Waals surface area contributed by atoms with Crippen molar-refractivity contribution in [1.29, 1.82) is 0 Å². The number of nitrogens with zero attached hydrogens (tertiary/aromatic N) is 2. The third-order valence-corrected chi connectivity index (χ3v) is 3.34. The third kappa shape index (κ3) is 4.80. The Hall–Kier alpha value is -1.47. The molecule has 7 heteroatoms. The van der Waals surface area contributed by atoms with E-state index in [1.54, 1.807) is 24.3 Å². The van der Waals surface area contributed by atoms with E-state index >= 15 is 0 Å². The van der Waals surface area contributed by atoms with Crippen molar-refractivity contribution in [1.82, 2.24) is 0 Å². The molecule has 0 aliphatic carbocycles. The molecule has 0 spiro atoms. The summed E-state index contributed by atoms with van der Waals surface area (Å²) in [7, 11) is -3.90. The predicted octanol–water partition coefficient (Wildman–Crippen LogP) is 2.19. The number of hydrogen-bond acceptors (Lipinski definition) is 5. The van der Waals surface area contributed by atoms with Crippen LogP contribution in [0.4, 0.5) is 11.4 Å². The fraction of sp³-hybridized carbons (Fsp3) is 0.455. The molecule has 1 N–H and O–H groups in total. The van der Waals surface area contributed by atoms with E-state index in [1.165, 1.54) is 0 Å². The first kappa shape index (κ1) is 14.6. The lowest BCUT2D eigenvalue weighted by molar-refractivity contribution is 0.481. The highest BCUT2D eigenvalue weighted by atomic mass is 32.2. The summed E-state index contributed by atoms with van der Waals surface area (Å²) >= 11 is 0. The van der Waals surface area contributed by atoms with Crippen LogP contribution in [0.15, 0.2) is 29.4 Å². The molecule has 0 saturated heterocycles. The first-order valence-electron chi connectivity index (χ1n) is 5.60. The maximum absolute atomic E-state index is 10.6. The molecule has 6 nitrogen and oxygen atoms in total. The van der Waals surface area contributed by atoms with Crippen molar-refractivity contribution < 1.29 is 13.0 Å². The van der Waals surface area contributed by atoms with Gasteiger partial charge in [0.05, 0.1) is 5.75 Å². The average Bonchev–Trinajstić information content (AvgIpc) is 2.34.